The number of aromatic nitrogens is 3. The summed E-state index contributed by atoms with van der Waals surface area (Å²) in [5.74, 6) is 0.329. The smallest absolute Gasteiger partial charge is 0.165 e. The van der Waals surface area contributed by atoms with Gasteiger partial charge in [-0.15, -0.1) is 0 Å². The third-order valence-electron chi connectivity index (χ3n) is 2.43. The van der Waals surface area contributed by atoms with E-state index in [1.165, 1.54) is 6.07 Å². The van der Waals surface area contributed by atoms with Crippen LogP contribution >= 0.6 is 0 Å². The lowest BCUT2D eigenvalue weighted by molar-refractivity contribution is 0.466. The Hall–Kier alpha value is -1.91. The number of anilines is 1. The van der Waals surface area contributed by atoms with Crippen molar-refractivity contribution in [2.45, 2.75) is 13.5 Å². The molecule has 0 fully saturated rings. The molecule has 0 saturated carbocycles. The molecule has 0 unspecified atom stereocenters. The average Bonchev–Trinajstić information content (AvgIpc) is 2.81. The Labute approximate surface area is 99.5 Å². The van der Waals surface area contributed by atoms with E-state index in [1.807, 2.05) is 16.9 Å². The second kappa shape index (κ2) is 5.43. The summed E-state index contributed by atoms with van der Waals surface area (Å²) in [6.07, 6.45) is 5.24. The van der Waals surface area contributed by atoms with Gasteiger partial charge in [0.2, 0.25) is 0 Å². The van der Waals surface area contributed by atoms with E-state index < -0.39 is 0 Å². The number of rotatable bonds is 5. The summed E-state index contributed by atoms with van der Waals surface area (Å²) < 4.78 is 15.1. The zero-order valence-electron chi connectivity index (χ0n) is 9.68. The molecule has 2 aromatic rings. The SMILES string of the molecule is C[C@@H](CNc1ncccc1F)Cn1cccn1. The first-order valence-electron chi connectivity index (χ1n) is 5.57. The van der Waals surface area contributed by atoms with Gasteiger partial charge in [-0.25, -0.2) is 9.37 Å². The minimum atomic E-state index is -0.321. The average molecular weight is 234 g/mol. The molecule has 1 atom stereocenters. The summed E-state index contributed by atoms with van der Waals surface area (Å²) in [7, 11) is 0. The van der Waals surface area contributed by atoms with Gasteiger partial charge in [0, 0.05) is 31.7 Å². The van der Waals surface area contributed by atoms with Gasteiger partial charge >= 0.3 is 0 Å². The summed E-state index contributed by atoms with van der Waals surface area (Å²) in [4.78, 5) is 3.94. The van der Waals surface area contributed by atoms with E-state index in [9.17, 15) is 4.39 Å². The summed E-state index contributed by atoms with van der Waals surface area (Å²) in [6.45, 7) is 3.54. The van der Waals surface area contributed by atoms with Gasteiger partial charge in [-0.3, -0.25) is 4.68 Å². The first-order valence-corrected chi connectivity index (χ1v) is 5.57. The molecule has 0 amide bonds. The van der Waals surface area contributed by atoms with Crippen LogP contribution in [-0.2, 0) is 6.54 Å². The minimum Gasteiger partial charge on any atom is -0.367 e. The topological polar surface area (TPSA) is 42.7 Å². The molecular weight excluding hydrogens is 219 g/mol. The molecule has 2 aromatic heterocycles. The Kier molecular flexibility index (Phi) is 3.69. The van der Waals surface area contributed by atoms with Crippen molar-refractivity contribution in [2.24, 2.45) is 5.92 Å². The number of hydrogen-bond donors (Lipinski definition) is 1. The van der Waals surface area contributed by atoms with Crippen molar-refractivity contribution in [3.8, 4) is 0 Å². The summed E-state index contributed by atoms with van der Waals surface area (Å²) in [6, 6.07) is 4.86. The van der Waals surface area contributed by atoms with Crippen molar-refractivity contribution in [1.82, 2.24) is 14.8 Å². The predicted octanol–water partition coefficient (Wildman–Crippen LogP) is 2.17. The molecule has 0 aliphatic rings. The Morgan fingerprint density at radius 2 is 2.29 bits per heavy atom. The molecule has 90 valence electrons. The van der Waals surface area contributed by atoms with Gasteiger partial charge in [0.25, 0.3) is 0 Å². The van der Waals surface area contributed by atoms with Crippen molar-refractivity contribution >= 4 is 5.82 Å². The van der Waals surface area contributed by atoms with Gasteiger partial charge in [-0.2, -0.15) is 5.10 Å². The van der Waals surface area contributed by atoms with Crippen molar-refractivity contribution in [1.29, 1.82) is 0 Å². The molecule has 2 heterocycles. The van der Waals surface area contributed by atoms with Crippen LogP contribution in [0.1, 0.15) is 6.92 Å². The summed E-state index contributed by atoms with van der Waals surface area (Å²) in [5.41, 5.74) is 0. The zero-order chi connectivity index (χ0) is 12.1. The maximum Gasteiger partial charge on any atom is 0.165 e. The first kappa shape index (κ1) is 11.6. The first-order chi connectivity index (χ1) is 8.25. The lowest BCUT2D eigenvalue weighted by Crippen LogP contribution is -2.18. The molecule has 5 heteroatoms. The Morgan fingerprint density at radius 1 is 1.41 bits per heavy atom. The molecule has 0 aromatic carbocycles. The molecular formula is C12H15FN4. The quantitative estimate of drug-likeness (QED) is 0.862. The van der Waals surface area contributed by atoms with Crippen molar-refractivity contribution in [2.75, 3.05) is 11.9 Å². The number of nitrogens with one attached hydrogen (secondary N) is 1. The molecule has 0 saturated heterocycles. The van der Waals surface area contributed by atoms with Crippen molar-refractivity contribution in [3.63, 3.8) is 0 Å². The van der Waals surface area contributed by atoms with E-state index in [0.717, 1.165) is 6.54 Å². The highest BCUT2D eigenvalue weighted by atomic mass is 19.1. The van der Waals surface area contributed by atoms with E-state index in [-0.39, 0.29) is 5.82 Å². The minimum absolute atomic E-state index is 0.305. The van der Waals surface area contributed by atoms with Gasteiger partial charge in [-0.1, -0.05) is 6.92 Å². The molecule has 4 nitrogen and oxygen atoms in total. The number of nitrogens with zero attached hydrogens (tertiary/aromatic N) is 3. The summed E-state index contributed by atoms with van der Waals surface area (Å²) >= 11 is 0. The van der Waals surface area contributed by atoms with E-state index >= 15 is 0 Å². The van der Waals surface area contributed by atoms with Gasteiger partial charge in [0.15, 0.2) is 11.6 Å². The fraction of sp³-hybridized carbons (Fsp3) is 0.333. The standard InChI is InChI=1S/C12H15FN4/c1-10(9-17-7-3-6-16-17)8-15-12-11(13)4-2-5-14-12/h2-7,10H,8-9H2,1H3,(H,14,15)/t10-/m0/s1. The molecule has 0 aliphatic heterocycles. The molecule has 0 aliphatic carbocycles. The summed E-state index contributed by atoms with van der Waals surface area (Å²) in [5, 5.41) is 7.13. The van der Waals surface area contributed by atoms with Crippen LogP contribution in [0.3, 0.4) is 0 Å². The van der Waals surface area contributed by atoms with Crippen LogP contribution in [0.2, 0.25) is 0 Å². The lowest BCUT2D eigenvalue weighted by atomic mass is 10.2. The van der Waals surface area contributed by atoms with Crippen LogP contribution in [-0.4, -0.2) is 21.3 Å². The molecule has 2 rings (SSSR count). The fourth-order valence-electron chi connectivity index (χ4n) is 1.58. The van der Waals surface area contributed by atoms with Gasteiger partial charge in [0.05, 0.1) is 0 Å². The van der Waals surface area contributed by atoms with Crippen LogP contribution in [0.25, 0.3) is 0 Å². The van der Waals surface area contributed by atoms with Crippen LogP contribution in [0.5, 0.6) is 0 Å². The van der Waals surface area contributed by atoms with Gasteiger partial charge in [0.1, 0.15) is 0 Å². The third kappa shape index (κ3) is 3.27. The van der Waals surface area contributed by atoms with Crippen molar-refractivity contribution in [3.05, 3.63) is 42.6 Å². The highest BCUT2D eigenvalue weighted by molar-refractivity contribution is 5.35. The fourth-order valence-corrected chi connectivity index (χ4v) is 1.58. The monoisotopic (exact) mass is 234 g/mol. The van der Waals surface area contributed by atoms with E-state index in [0.29, 0.717) is 18.3 Å². The highest BCUT2D eigenvalue weighted by Crippen LogP contribution is 2.09. The van der Waals surface area contributed by atoms with E-state index in [4.69, 9.17) is 0 Å². The van der Waals surface area contributed by atoms with Crippen LogP contribution in [0, 0.1) is 11.7 Å². The number of halogens is 1. The molecule has 1 N–H and O–H groups in total. The molecule has 0 radical (unpaired) electrons. The highest BCUT2D eigenvalue weighted by Gasteiger charge is 2.06. The normalized spacial score (nSPS) is 12.4. The number of pyridine rings is 1. The van der Waals surface area contributed by atoms with Crippen LogP contribution in [0.4, 0.5) is 10.2 Å². The molecule has 0 spiro atoms. The van der Waals surface area contributed by atoms with Crippen LogP contribution in [0.15, 0.2) is 36.8 Å². The Balaban J connectivity index is 1.84. The second-order valence-corrected chi connectivity index (χ2v) is 4.05. The van der Waals surface area contributed by atoms with E-state index in [2.05, 4.69) is 22.3 Å². The largest absolute Gasteiger partial charge is 0.367 e. The molecule has 17 heavy (non-hydrogen) atoms. The molecule has 0 bridgehead atoms. The Morgan fingerprint density at radius 3 is 3.00 bits per heavy atom. The van der Waals surface area contributed by atoms with Crippen molar-refractivity contribution < 1.29 is 4.39 Å². The maximum atomic E-state index is 13.3. The second-order valence-electron chi connectivity index (χ2n) is 4.05. The van der Waals surface area contributed by atoms with Gasteiger partial charge in [-0.05, 0) is 24.1 Å². The maximum absolute atomic E-state index is 13.3. The van der Waals surface area contributed by atoms with E-state index in [1.54, 1.807) is 18.5 Å². The van der Waals surface area contributed by atoms with Crippen LogP contribution < -0.4 is 5.32 Å². The predicted molar refractivity (Wildman–Crippen MR) is 64.1 cm³/mol. The lowest BCUT2D eigenvalue weighted by Gasteiger charge is -2.13. The Bertz CT molecular complexity index is 455. The van der Waals surface area contributed by atoms with Gasteiger partial charge < -0.3 is 5.32 Å². The number of hydrogen-bond acceptors (Lipinski definition) is 3. The zero-order valence-corrected chi connectivity index (χ0v) is 9.68. The third-order valence-corrected chi connectivity index (χ3v) is 2.43.